The second-order valence-corrected chi connectivity index (χ2v) is 5.35. The third kappa shape index (κ3) is 3.99. The van der Waals surface area contributed by atoms with Gasteiger partial charge in [-0.05, 0) is 43.3 Å². The lowest BCUT2D eigenvalue weighted by atomic mass is 10.2. The Morgan fingerprint density at radius 1 is 1.44 bits per heavy atom. The van der Waals surface area contributed by atoms with Crippen molar-refractivity contribution in [3.05, 3.63) is 28.2 Å². The highest BCUT2D eigenvalue weighted by Crippen LogP contribution is 2.25. The van der Waals surface area contributed by atoms with Crippen LogP contribution in [0.2, 0.25) is 10.0 Å². The average molecular weight is 305 g/mol. The van der Waals surface area contributed by atoms with Crippen LogP contribution in [0.1, 0.15) is 12.8 Å². The molecule has 2 N–H and O–H groups in total. The van der Waals surface area contributed by atoms with Gasteiger partial charge in [-0.1, -0.05) is 23.2 Å². The number of thiocarbonyl (C=S) groups is 1. The van der Waals surface area contributed by atoms with Crippen LogP contribution in [0.25, 0.3) is 0 Å². The van der Waals surface area contributed by atoms with Crippen molar-refractivity contribution in [2.24, 2.45) is 0 Å². The predicted octanol–water partition coefficient (Wildman–Crippen LogP) is 3.46. The van der Waals surface area contributed by atoms with Gasteiger partial charge < -0.3 is 15.4 Å². The Bertz CT molecular complexity index is 436. The second-order valence-electron chi connectivity index (χ2n) is 4.09. The van der Waals surface area contributed by atoms with E-state index in [2.05, 4.69) is 10.6 Å². The molecule has 0 spiro atoms. The number of rotatable bonds is 3. The van der Waals surface area contributed by atoms with E-state index in [0.29, 0.717) is 27.4 Å². The molecule has 98 valence electrons. The summed E-state index contributed by atoms with van der Waals surface area (Å²) in [6, 6.07) is 5.21. The number of nitrogens with one attached hydrogen (secondary N) is 2. The van der Waals surface area contributed by atoms with Gasteiger partial charge >= 0.3 is 0 Å². The second kappa shape index (κ2) is 6.57. The first-order chi connectivity index (χ1) is 8.65. The quantitative estimate of drug-likeness (QED) is 0.838. The van der Waals surface area contributed by atoms with Crippen molar-refractivity contribution >= 4 is 46.2 Å². The van der Waals surface area contributed by atoms with Crippen LogP contribution in [-0.4, -0.2) is 24.4 Å². The number of halogens is 2. The molecule has 1 aromatic rings. The Balaban J connectivity index is 1.84. The molecule has 0 unspecified atom stereocenters. The van der Waals surface area contributed by atoms with Crippen molar-refractivity contribution in [2.75, 3.05) is 18.5 Å². The van der Waals surface area contributed by atoms with Crippen LogP contribution in [-0.2, 0) is 4.74 Å². The van der Waals surface area contributed by atoms with Crippen molar-refractivity contribution in [3.8, 4) is 0 Å². The fourth-order valence-electron chi connectivity index (χ4n) is 1.77. The summed E-state index contributed by atoms with van der Waals surface area (Å²) in [5, 5.41) is 7.86. The van der Waals surface area contributed by atoms with Gasteiger partial charge in [-0.3, -0.25) is 0 Å². The van der Waals surface area contributed by atoms with Gasteiger partial charge in [0, 0.05) is 18.2 Å². The van der Waals surface area contributed by atoms with E-state index in [4.69, 9.17) is 40.2 Å². The number of ether oxygens (including phenoxy) is 1. The molecule has 3 nitrogen and oxygen atoms in total. The van der Waals surface area contributed by atoms with E-state index in [-0.39, 0.29) is 6.10 Å². The monoisotopic (exact) mass is 304 g/mol. The van der Waals surface area contributed by atoms with Gasteiger partial charge in [0.25, 0.3) is 0 Å². The van der Waals surface area contributed by atoms with E-state index in [0.717, 1.165) is 19.4 Å². The standard InChI is InChI=1S/C12H14Cl2N2OS/c13-8-3-4-10(14)11(6-8)16-12(18)15-7-9-2-1-5-17-9/h3-4,6,9H,1-2,5,7H2,(H2,15,16,18)/t9-/m0/s1. The van der Waals surface area contributed by atoms with Crippen molar-refractivity contribution in [1.29, 1.82) is 0 Å². The van der Waals surface area contributed by atoms with E-state index in [9.17, 15) is 0 Å². The molecular formula is C12H14Cl2N2OS. The summed E-state index contributed by atoms with van der Waals surface area (Å²) >= 11 is 17.1. The molecule has 1 aliphatic heterocycles. The van der Waals surface area contributed by atoms with E-state index in [1.165, 1.54) is 0 Å². The normalized spacial score (nSPS) is 18.7. The van der Waals surface area contributed by atoms with Crippen molar-refractivity contribution in [2.45, 2.75) is 18.9 Å². The molecule has 0 saturated carbocycles. The van der Waals surface area contributed by atoms with Crippen LogP contribution in [0.15, 0.2) is 18.2 Å². The molecule has 1 aliphatic rings. The molecular weight excluding hydrogens is 291 g/mol. The highest BCUT2D eigenvalue weighted by Gasteiger charge is 2.15. The highest BCUT2D eigenvalue weighted by molar-refractivity contribution is 7.80. The lowest BCUT2D eigenvalue weighted by molar-refractivity contribution is 0.114. The van der Waals surface area contributed by atoms with Gasteiger partial charge in [0.1, 0.15) is 0 Å². The summed E-state index contributed by atoms with van der Waals surface area (Å²) in [5.41, 5.74) is 0.703. The first kappa shape index (κ1) is 13.9. The van der Waals surface area contributed by atoms with Crippen molar-refractivity contribution in [3.63, 3.8) is 0 Å². The molecule has 6 heteroatoms. The minimum atomic E-state index is 0.250. The summed E-state index contributed by atoms with van der Waals surface area (Å²) in [4.78, 5) is 0. The van der Waals surface area contributed by atoms with E-state index in [1.807, 2.05) is 0 Å². The first-order valence-corrected chi connectivity index (χ1v) is 6.93. The van der Waals surface area contributed by atoms with Crippen LogP contribution in [0, 0.1) is 0 Å². The molecule has 0 radical (unpaired) electrons. The van der Waals surface area contributed by atoms with Crippen LogP contribution >= 0.6 is 35.4 Å². The number of hydrogen-bond acceptors (Lipinski definition) is 2. The largest absolute Gasteiger partial charge is 0.376 e. The Morgan fingerprint density at radius 2 is 2.28 bits per heavy atom. The SMILES string of the molecule is S=C(NC[C@@H]1CCCO1)Nc1cc(Cl)ccc1Cl. The Kier molecular flexibility index (Phi) is 5.06. The summed E-state index contributed by atoms with van der Waals surface area (Å²) < 4.78 is 5.50. The summed E-state index contributed by atoms with van der Waals surface area (Å²) in [6.07, 6.45) is 2.44. The molecule has 1 fully saturated rings. The smallest absolute Gasteiger partial charge is 0.170 e. The summed E-state index contributed by atoms with van der Waals surface area (Å²) in [7, 11) is 0. The molecule has 1 heterocycles. The van der Waals surface area contributed by atoms with Crippen LogP contribution in [0.4, 0.5) is 5.69 Å². The van der Waals surface area contributed by atoms with Gasteiger partial charge in [-0.25, -0.2) is 0 Å². The Hall–Kier alpha value is -0.550. The fraction of sp³-hybridized carbons (Fsp3) is 0.417. The number of anilines is 1. The molecule has 0 bridgehead atoms. The zero-order valence-electron chi connectivity index (χ0n) is 9.71. The summed E-state index contributed by atoms with van der Waals surface area (Å²) in [6.45, 7) is 1.55. The van der Waals surface area contributed by atoms with Crippen LogP contribution in [0.5, 0.6) is 0 Å². The van der Waals surface area contributed by atoms with Gasteiger partial charge in [0.15, 0.2) is 5.11 Å². The van der Waals surface area contributed by atoms with Crippen LogP contribution in [0.3, 0.4) is 0 Å². The molecule has 1 atom stereocenters. The lowest BCUT2D eigenvalue weighted by Gasteiger charge is -2.14. The van der Waals surface area contributed by atoms with Gasteiger partial charge in [0.2, 0.25) is 0 Å². The maximum Gasteiger partial charge on any atom is 0.170 e. The third-order valence-electron chi connectivity index (χ3n) is 2.69. The van der Waals surface area contributed by atoms with Crippen molar-refractivity contribution < 1.29 is 4.74 Å². The predicted molar refractivity (Wildman–Crippen MR) is 79.7 cm³/mol. The lowest BCUT2D eigenvalue weighted by Crippen LogP contribution is -2.34. The Morgan fingerprint density at radius 3 is 3.00 bits per heavy atom. The maximum absolute atomic E-state index is 6.03. The average Bonchev–Trinajstić information content (AvgIpc) is 2.84. The number of benzene rings is 1. The minimum Gasteiger partial charge on any atom is -0.376 e. The highest BCUT2D eigenvalue weighted by atomic mass is 35.5. The van der Waals surface area contributed by atoms with Crippen LogP contribution < -0.4 is 10.6 Å². The van der Waals surface area contributed by atoms with Gasteiger partial charge in [-0.15, -0.1) is 0 Å². The molecule has 0 aromatic heterocycles. The topological polar surface area (TPSA) is 33.3 Å². The molecule has 1 aromatic carbocycles. The first-order valence-electron chi connectivity index (χ1n) is 5.76. The van der Waals surface area contributed by atoms with E-state index < -0.39 is 0 Å². The van der Waals surface area contributed by atoms with Crippen molar-refractivity contribution in [1.82, 2.24) is 5.32 Å². The zero-order chi connectivity index (χ0) is 13.0. The van der Waals surface area contributed by atoms with Gasteiger partial charge in [0.05, 0.1) is 16.8 Å². The molecule has 0 amide bonds. The summed E-state index contributed by atoms with van der Waals surface area (Å²) in [5.74, 6) is 0. The molecule has 1 saturated heterocycles. The molecule has 0 aliphatic carbocycles. The fourth-order valence-corrected chi connectivity index (χ4v) is 2.30. The zero-order valence-corrected chi connectivity index (χ0v) is 12.0. The third-order valence-corrected chi connectivity index (χ3v) is 3.50. The van der Waals surface area contributed by atoms with E-state index in [1.54, 1.807) is 18.2 Å². The van der Waals surface area contributed by atoms with E-state index >= 15 is 0 Å². The number of hydrogen-bond donors (Lipinski definition) is 2. The minimum absolute atomic E-state index is 0.250. The van der Waals surface area contributed by atoms with Gasteiger partial charge in [-0.2, -0.15) is 0 Å². The Labute approximate surface area is 122 Å². The maximum atomic E-state index is 6.03. The molecule has 18 heavy (non-hydrogen) atoms. The molecule has 2 rings (SSSR count).